The zero-order valence-electron chi connectivity index (χ0n) is 20.8. The molecule has 0 radical (unpaired) electrons. The van der Waals surface area contributed by atoms with Crippen molar-refractivity contribution < 1.29 is 19.1 Å². The standard InChI is InChI=1S/C29H26N2O4S2/c1-18-8-10-20(11-9-18)17-31-22-7-5-4-6-21(22)25(27(31)32)26-28(33)30(29(36)37-26)15-14-19-12-13-23(34-2)24(16-19)35-3/h4-13,16H,14-15,17H2,1-3H3/b26-25-. The zero-order valence-corrected chi connectivity index (χ0v) is 22.4. The number of benzene rings is 3. The summed E-state index contributed by atoms with van der Waals surface area (Å²) in [5.41, 5.74) is 5.17. The molecule has 0 N–H and O–H groups in total. The van der Waals surface area contributed by atoms with E-state index in [9.17, 15) is 9.59 Å². The predicted octanol–water partition coefficient (Wildman–Crippen LogP) is 5.37. The van der Waals surface area contributed by atoms with Gasteiger partial charge in [-0.25, -0.2) is 0 Å². The van der Waals surface area contributed by atoms with Crippen molar-refractivity contribution in [3.8, 4) is 11.5 Å². The van der Waals surface area contributed by atoms with Crippen molar-refractivity contribution in [3.05, 3.63) is 93.9 Å². The lowest BCUT2D eigenvalue weighted by Crippen LogP contribution is -2.31. The van der Waals surface area contributed by atoms with E-state index in [4.69, 9.17) is 21.7 Å². The number of para-hydroxylation sites is 1. The average Bonchev–Trinajstić information content (AvgIpc) is 3.35. The van der Waals surface area contributed by atoms with Crippen LogP contribution in [0.4, 0.5) is 5.69 Å². The summed E-state index contributed by atoms with van der Waals surface area (Å²) in [5, 5.41) is 0. The normalized spacial score (nSPS) is 17.0. The van der Waals surface area contributed by atoms with Crippen molar-refractivity contribution >= 4 is 51.4 Å². The first kappa shape index (κ1) is 25.0. The Hall–Kier alpha value is -3.62. The van der Waals surface area contributed by atoms with Crippen molar-refractivity contribution in [2.75, 3.05) is 25.7 Å². The number of anilines is 1. The number of hydrogen-bond donors (Lipinski definition) is 0. The zero-order chi connectivity index (χ0) is 26.1. The topological polar surface area (TPSA) is 59.1 Å². The Balaban J connectivity index is 1.41. The minimum Gasteiger partial charge on any atom is -0.493 e. The Kier molecular flexibility index (Phi) is 7.04. The summed E-state index contributed by atoms with van der Waals surface area (Å²) in [4.78, 5) is 31.0. The number of fused-ring (bicyclic) bond motifs is 1. The number of carbonyl (C=O) groups is 2. The second-order valence-electron chi connectivity index (χ2n) is 8.86. The summed E-state index contributed by atoms with van der Waals surface area (Å²) < 4.78 is 11.2. The van der Waals surface area contributed by atoms with Crippen LogP contribution in [0.25, 0.3) is 5.57 Å². The molecule has 2 amide bonds. The molecule has 2 heterocycles. The molecule has 188 valence electrons. The van der Waals surface area contributed by atoms with E-state index in [1.165, 1.54) is 11.8 Å². The number of methoxy groups -OCH3 is 2. The van der Waals surface area contributed by atoms with E-state index in [0.29, 0.717) is 45.8 Å². The van der Waals surface area contributed by atoms with E-state index in [2.05, 4.69) is 0 Å². The van der Waals surface area contributed by atoms with Gasteiger partial charge < -0.3 is 14.4 Å². The molecular formula is C29H26N2O4S2. The molecule has 3 aromatic carbocycles. The Morgan fingerprint density at radius 1 is 0.838 bits per heavy atom. The Labute approximate surface area is 225 Å². The molecule has 0 bridgehead atoms. The van der Waals surface area contributed by atoms with Crippen molar-refractivity contribution in [3.63, 3.8) is 0 Å². The van der Waals surface area contributed by atoms with Gasteiger partial charge in [0.25, 0.3) is 11.8 Å². The number of rotatable bonds is 7. The summed E-state index contributed by atoms with van der Waals surface area (Å²) in [6, 6.07) is 21.4. The highest BCUT2D eigenvalue weighted by atomic mass is 32.2. The smallest absolute Gasteiger partial charge is 0.267 e. The highest BCUT2D eigenvalue weighted by molar-refractivity contribution is 8.26. The number of ether oxygens (including phenoxy) is 2. The van der Waals surface area contributed by atoms with Crippen LogP contribution in [0.15, 0.2) is 71.6 Å². The van der Waals surface area contributed by atoms with E-state index in [1.54, 1.807) is 24.0 Å². The maximum absolute atomic E-state index is 13.7. The van der Waals surface area contributed by atoms with Gasteiger partial charge in [-0.3, -0.25) is 14.5 Å². The van der Waals surface area contributed by atoms with Gasteiger partial charge >= 0.3 is 0 Å². The molecule has 2 aliphatic heterocycles. The molecule has 1 fully saturated rings. The molecule has 8 heteroatoms. The molecule has 0 aliphatic carbocycles. The minimum absolute atomic E-state index is 0.179. The molecule has 0 aromatic heterocycles. The lowest BCUT2D eigenvalue weighted by molar-refractivity contribution is -0.122. The van der Waals surface area contributed by atoms with Crippen molar-refractivity contribution in [1.82, 2.24) is 4.90 Å². The maximum Gasteiger partial charge on any atom is 0.267 e. The second kappa shape index (κ2) is 10.4. The first-order valence-corrected chi connectivity index (χ1v) is 13.1. The first-order valence-electron chi connectivity index (χ1n) is 11.9. The van der Waals surface area contributed by atoms with E-state index < -0.39 is 0 Å². The van der Waals surface area contributed by atoms with E-state index >= 15 is 0 Å². The molecule has 6 nitrogen and oxygen atoms in total. The molecule has 2 aliphatic rings. The number of hydrogen-bond acceptors (Lipinski definition) is 6. The molecular weight excluding hydrogens is 504 g/mol. The molecule has 0 spiro atoms. The molecule has 3 aromatic rings. The van der Waals surface area contributed by atoms with Crippen LogP contribution in [0, 0.1) is 6.92 Å². The quantitative estimate of drug-likeness (QED) is 0.302. The van der Waals surface area contributed by atoms with Crippen LogP contribution in [0.3, 0.4) is 0 Å². The van der Waals surface area contributed by atoms with Crippen LogP contribution in [0.2, 0.25) is 0 Å². The lowest BCUT2D eigenvalue weighted by atomic mass is 10.1. The predicted molar refractivity (Wildman–Crippen MR) is 151 cm³/mol. The van der Waals surface area contributed by atoms with Gasteiger partial charge in [0, 0.05) is 12.1 Å². The molecule has 5 rings (SSSR count). The van der Waals surface area contributed by atoms with E-state index in [1.807, 2.05) is 73.7 Å². The largest absolute Gasteiger partial charge is 0.493 e. The second-order valence-corrected chi connectivity index (χ2v) is 10.5. The third kappa shape index (κ3) is 4.74. The molecule has 0 saturated carbocycles. The van der Waals surface area contributed by atoms with Gasteiger partial charge in [-0.1, -0.05) is 78.1 Å². The van der Waals surface area contributed by atoms with Crippen LogP contribution in [-0.4, -0.2) is 41.8 Å². The molecule has 0 atom stereocenters. The summed E-state index contributed by atoms with van der Waals surface area (Å²) in [7, 11) is 3.18. The third-order valence-electron chi connectivity index (χ3n) is 6.53. The monoisotopic (exact) mass is 530 g/mol. The van der Waals surface area contributed by atoms with Crippen molar-refractivity contribution in [1.29, 1.82) is 0 Å². The lowest BCUT2D eigenvalue weighted by Gasteiger charge is -2.17. The summed E-state index contributed by atoms with van der Waals surface area (Å²) in [5.74, 6) is 0.873. The van der Waals surface area contributed by atoms with E-state index in [0.717, 1.165) is 27.9 Å². The van der Waals surface area contributed by atoms with Gasteiger partial charge in [0.1, 0.15) is 4.32 Å². The fourth-order valence-corrected chi connectivity index (χ4v) is 5.93. The van der Waals surface area contributed by atoms with Gasteiger partial charge in [-0.15, -0.1) is 0 Å². The van der Waals surface area contributed by atoms with Crippen LogP contribution in [-0.2, 0) is 22.6 Å². The first-order chi connectivity index (χ1) is 17.9. The summed E-state index contributed by atoms with van der Waals surface area (Å²) in [6.45, 7) is 2.87. The number of thiocarbonyl (C=S) groups is 1. The number of carbonyl (C=O) groups excluding carboxylic acids is 2. The van der Waals surface area contributed by atoms with Crippen molar-refractivity contribution in [2.24, 2.45) is 0 Å². The third-order valence-corrected chi connectivity index (χ3v) is 7.98. The number of amides is 2. The highest BCUT2D eigenvalue weighted by Crippen LogP contribution is 2.45. The van der Waals surface area contributed by atoms with Crippen LogP contribution < -0.4 is 14.4 Å². The van der Waals surface area contributed by atoms with Gasteiger partial charge in [0.2, 0.25) is 0 Å². The Morgan fingerprint density at radius 2 is 1.54 bits per heavy atom. The van der Waals surface area contributed by atoms with Gasteiger partial charge in [-0.2, -0.15) is 0 Å². The number of thioether (sulfide) groups is 1. The van der Waals surface area contributed by atoms with Crippen LogP contribution >= 0.6 is 24.0 Å². The SMILES string of the molecule is COc1ccc(CCN2C(=O)/C(=C3/C(=O)N(Cc4ccc(C)cc4)c4ccccc43)SC2=S)cc1OC. The maximum atomic E-state index is 13.7. The number of aryl methyl sites for hydroxylation is 1. The summed E-state index contributed by atoms with van der Waals surface area (Å²) >= 11 is 6.78. The Bertz CT molecular complexity index is 1430. The Morgan fingerprint density at radius 3 is 2.27 bits per heavy atom. The van der Waals surface area contributed by atoms with E-state index in [-0.39, 0.29) is 11.8 Å². The van der Waals surface area contributed by atoms with Gasteiger partial charge in [0.05, 0.1) is 36.9 Å². The van der Waals surface area contributed by atoms with Gasteiger partial charge in [-0.05, 0) is 42.7 Å². The highest BCUT2D eigenvalue weighted by Gasteiger charge is 2.41. The fraction of sp³-hybridized carbons (Fsp3) is 0.207. The van der Waals surface area contributed by atoms with Crippen molar-refractivity contribution in [2.45, 2.75) is 19.9 Å². The van der Waals surface area contributed by atoms with Gasteiger partial charge in [0.15, 0.2) is 11.5 Å². The van der Waals surface area contributed by atoms with Crippen LogP contribution in [0.5, 0.6) is 11.5 Å². The minimum atomic E-state index is -0.231. The fourth-order valence-electron chi connectivity index (χ4n) is 4.55. The molecule has 37 heavy (non-hydrogen) atoms. The van der Waals surface area contributed by atoms with Crippen LogP contribution in [0.1, 0.15) is 22.3 Å². The summed E-state index contributed by atoms with van der Waals surface area (Å²) in [6.07, 6.45) is 0.583. The number of nitrogens with zero attached hydrogens (tertiary/aromatic N) is 2. The average molecular weight is 531 g/mol. The molecule has 1 saturated heterocycles. The molecule has 0 unspecified atom stereocenters.